The maximum atomic E-state index is 14.1. The smallest absolute Gasteiger partial charge is 0.254 e. The van der Waals surface area contributed by atoms with E-state index in [4.69, 9.17) is 0 Å². The lowest BCUT2D eigenvalue weighted by atomic mass is 9.91. The summed E-state index contributed by atoms with van der Waals surface area (Å²) in [6.07, 6.45) is 2.49. The minimum absolute atomic E-state index is 0. The third-order valence-corrected chi connectivity index (χ3v) is 6.78. The third kappa shape index (κ3) is 5.46. The molecule has 1 aliphatic carbocycles. The number of benzene rings is 3. The second-order valence-corrected chi connectivity index (χ2v) is 9.14. The first-order valence-electron chi connectivity index (χ1n) is 11.7. The van der Waals surface area contributed by atoms with E-state index in [1.54, 1.807) is 0 Å². The van der Waals surface area contributed by atoms with Crippen molar-refractivity contribution < 1.29 is 18.4 Å². The van der Waals surface area contributed by atoms with Gasteiger partial charge in [0.15, 0.2) is 0 Å². The normalized spacial score (nSPS) is 19.6. The molecular formula is C27H28ClF2N3O2. The number of piperidine rings is 1. The predicted octanol–water partition coefficient (Wildman–Crippen LogP) is 4.44. The Bertz CT molecular complexity index is 1230. The van der Waals surface area contributed by atoms with Crippen LogP contribution >= 0.6 is 12.4 Å². The first-order valence-corrected chi connectivity index (χ1v) is 11.7. The number of carbonyl (C=O) groups is 2. The molecule has 2 amide bonds. The summed E-state index contributed by atoms with van der Waals surface area (Å²) >= 11 is 0. The van der Waals surface area contributed by atoms with Crippen molar-refractivity contribution in [1.29, 1.82) is 0 Å². The zero-order chi connectivity index (χ0) is 23.7. The first-order chi connectivity index (χ1) is 16.5. The fourth-order valence-electron chi connectivity index (χ4n) is 4.81. The maximum Gasteiger partial charge on any atom is 0.254 e. The number of halogens is 3. The van der Waals surface area contributed by atoms with Gasteiger partial charge >= 0.3 is 0 Å². The van der Waals surface area contributed by atoms with Gasteiger partial charge in [0.2, 0.25) is 5.91 Å². The lowest BCUT2D eigenvalue weighted by molar-refractivity contribution is -0.138. The maximum absolute atomic E-state index is 14.1. The van der Waals surface area contributed by atoms with Gasteiger partial charge < -0.3 is 15.5 Å². The van der Waals surface area contributed by atoms with Crippen LogP contribution < -0.4 is 10.6 Å². The molecule has 3 aromatic carbocycles. The van der Waals surface area contributed by atoms with Gasteiger partial charge in [-0.15, -0.1) is 12.4 Å². The molecule has 5 rings (SSSR count). The van der Waals surface area contributed by atoms with Crippen LogP contribution in [-0.4, -0.2) is 41.9 Å². The summed E-state index contributed by atoms with van der Waals surface area (Å²) in [5.41, 5.74) is 0.872. The van der Waals surface area contributed by atoms with Crippen molar-refractivity contribution in [3.8, 4) is 0 Å². The highest BCUT2D eigenvalue weighted by atomic mass is 35.5. The molecule has 1 saturated heterocycles. The molecule has 5 nitrogen and oxygen atoms in total. The number of fused-ring (bicyclic) bond motifs is 1. The third-order valence-electron chi connectivity index (χ3n) is 6.78. The quantitative estimate of drug-likeness (QED) is 0.527. The molecule has 2 unspecified atom stereocenters. The van der Waals surface area contributed by atoms with Gasteiger partial charge in [0.05, 0.1) is 11.5 Å². The number of nitrogens with zero attached hydrogens (tertiary/aromatic N) is 1. The Labute approximate surface area is 209 Å². The zero-order valence-corrected chi connectivity index (χ0v) is 20.0. The van der Waals surface area contributed by atoms with E-state index in [0.717, 1.165) is 41.3 Å². The van der Waals surface area contributed by atoms with E-state index in [-0.39, 0.29) is 29.9 Å². The van der Waals surface area contributed by atoms with Gasteiger partial charge in [-0.05, 0) is 54.3 Å². The van der Waals surface area contributed by atoms with Crippen LogP contribution in [0.3, 0.4) is 0 Å². The molecule has 3 aromatic rings. The molecular weight excluding hydrogens is 472 g/mol. The van der Waals surface area contributed by atoms with E-state index in [1.165, 1.54) is 0 Å². The fourth-order valence-corrected chi connectivity index (χ4v) is 4.81. The Hall–Kier alpha value is -3.03. The molecule has 0 bridgehead atoms. The lowest BCUT2D eigenvalue weighted by Gasteiger charge is -2.36. The summed E-state index contributed by atoms with van der Waals surface area (Å²) in [6.45, 7) is 1.59. The van der Waals surface area contributed by atoms with Crippen LogP contribution in [0.15, 0.2) is 60.7 Å². The summed E-state index contributed by atoms with van der Waals surface area (Å²) in [7, 11) is 0. The zero-order valence-electron chi connectivity index (χ0n) is 19.2. The van der Waals surface area contributed by atoms with Crippen molar-refractivity contribution in [3.63, 3.8) is 0 Å². The average molecular weight is 500 g/mol. The Morgan fingerprint density at radius 1 is 1.00 bits per heavy atom. The van der Waals surface area contributed by atoms with Crippen molar-refractivity contribution >= 4 is 35.0 Å². The van der Waals surface area contributed by atoms with Gasteiger partial charge in [-0.2, -0.15) is 0 Å². The Kier molecular flexibility index (Phi) is 7.67. The number of carbonyl (C=O) groups excluding carboxylic acids is 2. The van der Waals surface area contributed by atoms with Gasteiger partial charge in [0.25, 0.3) is 5.91 Å². The van der Waals surface area contributed by atoms with Gasteiger partial charge in [0, 0.05) is 31.2 Å². The van der Waals surface area contributed by atoms with Crippen LogP contribution in [0, 0.1) is 17.6 Å². The van der Waals surface area contributed by atoms with Crippen LogP contribution in [0.4, 0.5) is 8.78 Å². The molecule has 1 aliphatic heterocycles. The molecule has 184 valence electrons. The highest BCUT2D eigenvalue weighted by Gasteiger charge is 2.40. The molecule has 0 aromatic heterocycles. The van der Waals surface area contributed by atoms with Crippen LogP contribution in [0.25, 0.3) is 10.8 Å². The minimum atomic E-state index is -0.912. The van der Waals surface area contributed by atoms with Gasteiger partial charge in [-0.1, -0.05) is 42.5 Å². The summed E-state index contributed by atoms with van der Waals surface area (Å²) in [4.78, 5) is 28.5. The number of nitrogens with one attached hydrogen (secondary N) is 2. The number of hydrogen-bond acceptors (Lipinski definition) is 3. The molecule has 2 atom stereocenters. The summed E-state index contributed by atoms with van der Waals surface area (Å²) in [6, 6.07) is 16.9. The predicted molar refractivity (Wildman–Crippen MR) is 133 cm³/mol. The largest absolute Gasteiger partial charge is 0.348 e. The molecule has 2 fully saturated rings. The lowest BCUT2D eigenvalue weighted by Crippen LogP contribution is -2.55. The second-order valence-electron chi connectivity index (χ2n) is 9.14. The van der Waals surface area contributed by atoms with E-state index < -0.39 is 29.5 Å². The van der Waals surface area contributed by atoms with Crippen molar-refractivity contribution in [2.75, 3.05) is 13.1 Å². The van der Waals surface area contributed by atoms with Crippen molar-refractivity contribution in [1.82, 2.24) is 15.5 Å². The van der Waals surface area contributed by atoms with Gasteiger partial charge in [0.1, 0.15) is 11.6 Å². The van der Waals surface area contributed by atoms with Gasteiger partial charge in [-0.25, -0.2) is 8.78 Å². The standard InChI is InChI=1S/C27H27F2N3O2.ClH/c28-19-8-11-22(24(29)14-19)26(33)31-25-12-13-30-15-23(25)27(34)32(20-9-10-20)16-18-6-3-5-17-4-1-2-7-21(17)18;/h1-8,11,14,20,23,25,30H,9-10,12-13,15-16H2,(H,31,33);1H. The molecule has 1 saturated carbocycles. The molecule has 0 radical (unpaired) electrons. The van der Waals surface area contributed by atoms with Crippen molar-refractivity contribution in [2.45, 2.75) is 37.9 Å². The SMILES string of the molecule is Cl.O=C(NC1CCNCC1C(=O)N(Cc1cccc2ccccc12)C1CC1)c1ccc(F)cc1F. The minimum Gasteiger partial charge on any atom is -0.348 e. The number of rotatable bonds is 6. The summed E-state index contributed by atoms with van der Waals surface area (Å²) < 4.78 is 27.4. The van der Waals surface area contributed by atoms with Crippen LogP contribution in [0.1, 0.15) is 35.2 Å². The molecule has 1 heterocycles. The van der Waals surface area contributed by atoms with E-state index in [9.17, 15) is 18.4 Å². The van der Waals surface area contributed by atoms with E-state index in [0.29, 0.717) is 32.1 Å². The molecule has 35 heavy (non-hydrogen) atoms. The molecule has 2 aliphatic rings. The summed E-state index contributed by atoms with van der Waals surface area (Å²) in [5.74, 6) is -2.75. The molecule has 2 N–H and O–H groups in total. The molecule has 8 heteroatoms. The highest BCUT2D eigenvalue weighted by Crippen LogP contribution is 2.32. The van der Waals surface area contributed by atoms with E-state index >= 15 is 0 Å². The monoisotopic (exact) mass is 499 g/mol. The number of amides is 2. The van der Waals surface area contributed by atoms with Crippen molar-refractivity contribution in [3.05, 3.63) is 83.4 Å². The van der Waals surface area contributed by atoms with E-state index in [1.807, 2.05) is 23.1 Å². The fraction of sp³-hybridized carbons (Fsp3) is 0.333. The Morgan fingerprint density at radius 3 is 2.54 bits per heavy atom. The van der Waals surface area contributed by atoms with Gasteiger partial charge in [-0.3, -0.25) is 9.59 Å². The van der Waals surface area contributed by atoms with Crippen LogP contribution in [-0.2, 0) is 11.3 Å². The second kappa shape index (κ2) is 10.7. The van der Waals surface area contributed by atoms with Crippen LogP contribution in [0.2, 0.25) is 0 Å². The Balaban J connectivity index is 0.00000289. The topological polar surface area (TPSA) is 61.4 Å². The van der Waals surface area contributed by atoms with Crippen LogP contribution in [0.5, 0.6) is 0 Å². The van der Waals surface area contributed by atoms with Crippen molar-refractivity contribution in [2.24, 2.45) is 5.92 Å². The average Bonchev–Trinajstić information content (AvgIpc) is 3.68. The Morgan fingerprint density at radius 2 is 1.77 bits per heavy atom. The summed E-state index contributed by atoms with van der Waals surface area (Å²) in [5, 5.41) is 8.37. The first kappa shape index (κ1) is 25.1. The van der Waals surface area contributed by atoms with E-state index in [2.05, 4.69) is 34.9 Å². The number of hydrogen-bond donors (Lipinski definition) is 2. The molecule has 0 spiro atoms. The highest BCUT2D eigenvalue weighted by molar-refractivity contribution is 5.95.